The SMILES string of the molecule is CCCNC[C@]1(O)[C@H](C)O[C@@H](O[C@H]2[C@H](C)[C@@H](O[C@@H]3O[C@H](C)C[C@H](N(C)C(=O)Nc4ccccc4)[C@H]3O)[C@](C)(O)C[C@@H](C)CN[C@H](C)[C@@H](O)[C@](C)(O)[C@@H](CC)OC(=O)[C@@H]2C)C[C@@]1(C)OC. The van der Waals surface area contributed by atoms with Crippen LogP contribution in [0.1, 0.15) is 108 Å². The lowest BCUT2D eigenvalue weighted by Crippen LogP contribution is -2.70. The zero-order valence-electron chi connectivity index (χ0n) is 40.6. The van der Waals surface area contributed by atoms with E-state index in [1.165, 1.54) is 18.9 Å². The summed E-state index contributed by atoms with van der Waals surface area (Å²) in [6.45, 7) is 20.4. The van der Waals surface area contributed by atoms with E-state index in [9.17, 15) is 35.1 Å². The van der Waals surface area contributed by atoms with Crippen molar-refractivity contribution in [2.75, 3.05) is 39.1 Å². The van der Waals surface area contributed by atoms with Gasteiger partial charge in [-0.3, -0.25) is 4.79 Å². The summed E-state index contributed by atoms with van der Waals surface area (Å²) in [7, 11) is 3.11. The molecule has 17 heteroatoms. The van der Waals surface area contributed by atoms with Crippen molar-refractivity contribution < 1.29 is 63.5 Å². The first-order valence-electron chi connectivity index (χ1n) is 23.3. The molecule has 0 bridgehead atoms. The number of nitrogens with zero attached hydrogens (tertiary/aromatic N) is 1. The Morgan fingerprint density at radius 1 is 0.969 bits per heavy atom. The first-order chi connectivity index (χ1) is 29.9. The molecule has 1 aromatic carbocycles. The molecule has 17 nitrogen and oxygen atoms in total. The van der Waals surface area contributed by atoms with Gasteiger partial charge in [0.2, 0.25) is 0 Å². The second kappa shape index (κ2) is 22.5. The van der Waals surface area contributed by atoms with E-state index in [2.05, 4.69) is 16.0 Å². The van der Waals surface area contributed by atoms with Gasteiger partial charge in [-0.2, -0.15) is 0 Å². The van der Waals surface area contributed by atoms with Crippen LogP contribution in [0.25, 0.3) is 0 Å². The van der Waals surface area contributed by atoms with Crippen molar-refractivity contribution in [3.8, 4) is 0 Å². The van der Waals surface area contributed by atoms with Crippen LogP contribution in [0.15, 0.2) is 30.3 Å². The average molecular weight is 911 g/mol. The number of carbonyl (C=O) groups is 2. The summed E-state index contributed by atoms with van der Waals surface area (Å²) < 4.78 is 38.5. The molecule has 0 unspecified atom stereocenters. The van der Waals surface area contributed by atoms with Gasteiger partial charge in [0.05, 0.1) is 42.0 Å². The summed E-state index contributed by atoms with van der Waals surface area (Å²) in [6.07, 6.45) is -8.36. The van der Waals surface area contributed by atoms with Crippen molar-refractivity contribution in [3.05, 3.63) is 30.3 Å². The fourth-order valence-corrected chi connectivity index (χ4v) is 9.96. The van der Waals surface area contributed by atoms with Gasteiger partial charge in [0.15, 0.2) is 12.6 Å². The molecule has 0 aliphatic carbocycles. The van der Waals surface area contributed by atoms with Crippen molar-refractivity contribution in [1.29, 1.82) is 0 Å². The number of anilines is 1. The van der Waals surface area contributed by atoms with Crippen molar-refractivity contribution in [2.24, 2.45) is 17.8 Å². The molecule has 3 heterocycles. The van der Waals surface area contributed by atoms with E-state index in [4.69, 9.17) is 28.4 Å². The minimum absolute atomic E-state index is 0.0468. The lowest BCUT2D eigenvalue weighted by molar-refractivity contribution is -0.336. The monoisotopic (exact) mass is 911 g/mol. The van der Waals surface area contributed by atoms with Crippen LogP contribution in [0, 0.1) is 17.8 Å². The average Bonchev–Trinajstić information content (AvgIpc) is 3.24. The van der Waals surface area contributed by atoms with Crippen molar-refractivity contribution >= 4 is 17.7 Å². The van der Waals surface area contributed by atoms with Crippen LogP contribution in [-0.4, -0.2) is 166 Å². The third-order valence-electron chi connectivity index (χ3n) is 14.2. The fourth-order valence-electron chi connectivity index (χ4n) is 9.96. The number of ether oxygens (including phenoxy) is 6. The van der Waals surface area contributed by atoms with Gasteiger partial charge in [-0.15, -0.1) is 0 Å². The van der Waals surface area contributed by atoms with Crippen LogP contribution in [0.2, 0.25) is 0 Å². The Morgan fingerprint density at radius 3 is 2.23 bits per heavy atom. The number of aliphatic hydroxyl groups is 5. The highest BCUT2D eigenvalue weighted by molar-refractivity contribution is 5.89. The smallest absolute Gasteiger partial charge is 0.321 e. The number of nitrogens with one attached hydrogen (secondary N) is 3. The van der Waals surface area contributed by atoms with Crippen LogP contribution in [0.5, 0.6) is 0 Å². The molecular formula is C47H82N4O13. The maximum absolute atomic E-state index is 14.5. The summed E-state index contributed by atoms with van der Waals surface area (Å²) in [5.41, 5.74) is -5.62. The molecule has 64 heavy (non-hydrogen) atoms. The van der Waals surface area contributed by atoms with Gasteiger partial charge in [0.1, 0.15) is 35.1 Å². The zero-order valence-corrected chi connectivity index (χ0v) is 40.6. The highest BCUT2D eigenvalue weighted by atomic mass is 16.7. The van der Waals surface area contributed by atoms with E-state index in [1.54, 1.807) is 79.8 Å². The van der Waals surface area contributed by atoms with Crippen LogP contribution >= 0.6 is 0 Å². The summed E-state index contributed by atoms with van der Waals surface area (Å²) >= 11 is 0. The maximum atomic E-state index is 14.5. The number of amides is 2. The lowest BCUT2D eigenvalue weighted by atomic mass is 9.75. The second-order valence-corrected chi connectivity index (χ2v) is 19.6. The Labute approximate surface area is 381 Å². The third-order valence-corrected chi connectivity index (χ3v) is 14.2. The predicted octanol–water partition coefficient (Wildman–Crippen LogP) is 3.53. The van der Waals surface area contributed by atoms with Gasteiger partial charge in [0, 0.05) is 44.8 Å². The van der Waals surface area contributed by atoms with Crippen LogP contribution < -0.4 is 16.0 Å². The number of hydrogen-bond acceptors (Lipinski definition) is 15. The molecule has 3 saturated heterocycles. The Bertz CT molecular complexity index is 1630. The minimum atomic E-state index is -1.86. The van der Waals surface area contributed by atoms with E-state index >= 15 is 0 Å². The van der Waals surface area contributed by atoms with Gasteiger partial charge in [-0.1, -0.05) is 45.9 Å². The first kappa shape index (κ1) is 54.1. The number of urea groups is 1. The molecule has 1 aromatic rings. The summed E-state index contributed by atoms with van der Waals surface area (Å²) in [5.74, 6) is -2.97. The normalized spacial score (nSPS) is 43.1. The van der Waals surface area contributed by atoms with Crippen LogP contribution in [0.4, 0.5) is 10.5 Å². The number of para-hydroxylation sites is 1. The molecule has 2 amide bonds. The second-order valence-electron chi connectivity index (χ2n) is 19.6. The van der Waals surface area contributed by atoms with E-state index in [-0.39, 0.29) is 38.1 Å². The molecule has 0 aromatic heterocycles. The molecule has 0 saturated carbocycles. The molecule has 0 spiro atoms. The Morgan fingerprint density at radius 2 is 1.62 bits per heavy atom. The summed E-state index contributed by atoms with van der Waals surface area (Å²) in [4.78, 5) is 29.4. The number of cyclic esters (lactones) is 1. The van der Waals surface area contributed by atoms with Gasteiger partial charge in [-0.05, 0) is 105 Å². The van der Waals surface area contributed by atoms with Crippen LogP contribution in [0.3, 0.4) is 0 Å². The number of rotatable bonds is 12. The summed E-state index contributed by atoms with van der Waals surface area (Å²) in [5, 5.41) is 69.5. The molecule has 3 aliphatic heterocycles. The molecule has 4 rings (SSSR count). The quantitative estimate of drug-likeness (QED) is 0.111. The Kier molecular flexibility index (Phi) is 19.0. The van der Waals surface area contributed by atoms with Gasteiger partial charge in [-0.25, -0.2) is 4.79 Å². The number of carbonyl (C=O) groups excluding carboxylic acids is 2. The fraction of sp³-hybridized carbons (Fsp3) is 0.830. The van der Waals surface area contributed by atoms with E-state index in [1.807, 2.05) is 26.8 Å². The number of esters is 1. The number of likely N-dealkylation sites (N-methyl/N-ethyl adjacent to an activating group) is 1. The lowest BCUT2D eigenvalue weighted by Gasteiger charge is -2.53. The number of aliphatic hydroxyl groups excluding tert-OH is 2. The molecule has 18 atom stereocenters. The highest BCUT2D eigenvalue weighted by Crippen LogP contribution is 2.43. The maximum Gasteiger partial charge on any atom is 0.321 e. The first-order valence-corrected chi connectivity index (χ1v) is 23.3. The van der Waals surface area contributed by atoms with Gasteiger partial charge in [0.25, 0.3) is 0 Å². The van der Waals surface area contributed by atoms with E-state index in [0.29, 0.717) is 18.8 Å². The third kappa shape index (κ3) is 12.3. The number of methoxy groups -OCH3 is 1. The van der Waals surface area contributed by atoms with Crippen molar-refractivity contribution in [1.82, 2.24) is 15.5 Å². The molecule has 3 aliphatic rings. The summed E-state index contributed by atoms with van der Waals surface area (Å²) in [6, 6.07) is 7.13. The molecule has 368 valence electrons. The topological polar surface area (TPSA) is 230 Å². The van der Waals surface area contributed by atoms with Crippen molar-refractivity contribution in [2.45, 2.75) is 198 Å². The largest absolute Gasteiger partial charge is 0.459 e. The van der Waals surface area contributed by atoms with E-state index < -0.39 is 114 Å². The highest BCUT2D eigenvalue weighted by Gasteiger charge is 2.58. The zero-order chi connectivity index (χ0) is 47.9. The Balaban J connectivity index is 1.79. The van der Waals surface area contributed by atoms with Crippen LogP contribution in [-0.2, 0) is 33.2 Å². The molecule has 0 radical (unpaired) electrons. The number of hydrogen-bond donors (Lipinski definition) is 8. The predicted molar refractivity (Wildman–Crippen MR) is 241 cm³/mol. The minimum Gasteiger partial charge on any atom is -0.459 e. The molecule has 3 fully saturated rings. The number of benzene rings is 1. The van der Waals surface area contributed by atoms with Gasteiger partial charge >= 0.3 is 12.0 Å². The van der Waals surface area contributed by atoms with E-state index in [0.717, 1.165) is 6.42 Å². The molecule has 8 N–H and O–H groups in total. The molecular weight excluding hydrogens is 829 g/mol. The Hall–Kier alpha value is -2.52. The van der Waals surface area contributed by atoms with Gasteiger partial charge < -0.3 is 74.8 Å². The standard InChI is InChI=1S/C47H82N4O13/c1-14-21-48-26-47(58)32(8)61-36(24-45(47,10)59-13)63-38-29(5)40(64-42-37(52)34(22-28(4)60-42)51(12)43(55)50-33-19-17-16-18-20-33)44(9,56)23-27(3)25-49-31(7)39(53)46(11,57)35(15-2)62-41(54)30(38)6/h16-20,27-32,34-40,42,48-49,52-53,56-58H,14-15,21-26H2,1-13H3,(H,50,55)/t27-,28-,29+,30-,31-,32+,34+,35-,36+,37-,38+,39-,40-,42+,44-,45-,46-,47+/m1/s1. The van der Waals surface area contributed by atoms with Crippen molar-refractivity contribution in [3.63, 3.8) is 0 Å².